The highest BCUT2D eigenvalue weighted by Crippen LogP contribution is 2.41. The zero-order chi connectivity index (χ0) is 15.7. The molecule has 0 unspecified atom stereocenters. The zero-order valence-corrected chi connectivity index (χ0v) is 11.8. The van der Waals surface area contributed by atoms with E-state index in [9.17, 15) is 18.4 Å². The molecule has 21 heavy (non-hydrogen) atoms. The summed E-state index contributed by atoms with van der Waals surface area (Å²) in [5, 5.41) is 10.8. The van der Waals surface area contributed by atoms with Crippen LogP contribution in [0, 0.1) is 11.8 Å². The maximum Gasteiger partial charge on any atom is 0.387 e. The third-order valence-corrected chi connectivity index (χ3v) is 3.48. The van der Waals surface area contributed by atoms with E-state index >= 15 is 0 Å². The molecule has 1 amide bonds. The second-order valence-corrected chi connectivity index (χ2v) is 5.24. The molecule has 2 N–H and O–H groups in total. The van der Waals surface area contributed by atoms with E-state index in [1.807, 2.05) is 0 Å². The van der Waals surface area contributed by atoms with E-state index < -0.39 is 30.3 Å². The maximum atomic E-state index is 12.2. The average molecular weight is 340 g/mol. The van der Waals surface area contributed by atoms with Gasteiger partial charge in [0.05, 0.1) is 21.9 Å². The third-order valence-electron chi connectivity index (χ3n) is 2.92. The van der Waals surface area contributed by atoms with Crippen LogP contribution in [0.25, 0.3) is 0 Å². The predicted molar refractivity (Wildman–Crippen MR) is 71.0 cm³/mol. The Balaban J connectivity index is 2.08. The SMILES string of the molecule is O=C(O)[C@H]1C[C@H]1C(=O)Nc1cc(Cl)c(OC(F)F)c(Cl)c1. The first-order valence-electron chi connectivity index (χ1n) is 5.77. The predicted octanol–water partition coefficient (Wildman–Crippen LogP) is 3.25. The number of carboxylic acid groups (broad SMARTS) is 1. The lowest BCUT2D eigenvalue weighted by Crippen LogP contribution is -2.17. The average Bonchev–Trinajstić information content (AvgIpc) is 3.13. The number of rotatable bonds is 5. The Hall–Kier alpha value is -1.60. The second-order valence-electron chi connectivity index (χ2n) is 4.42. The summed E-state index contributed by atoms with van der Waals surface area (Å²) in [4.78, 5) is 22.4. The maximum absolute atomic E-state index is 12.2. The number of nitrogens with one attached hydrogen (secondary N) is 1. The quantitative estimate of drug-likeness (QED) is 0.863. The highest BCUT2D eigenvalue weighted by atomic mass is 35.5. The van der Waals surface area contributed by atoms with Crippen LogP contribution >= 0.6 is 23.2 Å². The van der Waals surface area contributed by atoms with Gasteiger partial charge in [-0.1, -0.05) is 23.2 Å². The molecule has 1 aromatic rings. The Kier molecular flexibility index (Phi) is 4.53. The number of carbonyl (C=O) groups is 2. The van der Waals surface area contributed by atoms with Gasteiger partial charge in [-0.25, -0.2) is 0 Å². The van der Waals surface area contributed by atoms with Crippen LogP contribution in [0.2, 0.25) is 10.0 Å². The van der Waals surface area contributed by atoms with Gasteiger partial charge >= 0.3 is 12.6 Å². The van der Waals surface area contributed by atoms with Gasteiger partial charge in [-0.2, -0.15) is 8.78 Å². The van der Waals surface area contributed by atoms with Crippen molar-refractivity contribution in [2.24, 2.45) is 11.8 Å². The fourth-order valence-corrected chi connectivity index (χ4v) is 2.40. The Bertz CT molecular complexity index is 574. The van der Waals surface area contributed by atoms with Crippen molar-refractivity contribution in [2.75, 3.05) is 5.32 Å². The van der Waals surface area contributed by atoms with Crippen LogP contribution in [0.5, 0.6) is 5.75 Å². The molecule has 0 heterocycles. The van der Waals surface area contributed by atoms with E-state index in [0.717, 1.165) is 0 Å². The highest BCUT2D eigenvalue weighted by molar-refractivity contribution is 6.37. The minimum absolute atomic E-state index is 0.174. The number of aliphatic carboxylic acids is 1. The lowest BCUT2D eigenvalue weighted by Gasteiger charge is -2.11. The number of carbonyl (C=O) groups excluding carboxylic acids is 1. The van der Waals surface area contributed by atoms with E-state index in [2.05, 4.69) is 10.1 Å². The van der Waals surface area contributed by atoms with Gasteiger partial charge in [0.2, 0.25) is 5.91 Å². The minimum atomic E-state index is -3.08. The smallest absolute Gasteiger partial charge is 0.387 e. The Morgan fingerprint density at radius 2 is 1.86 bits per heavy atom. The second kappa shape index (κ2) is 6.03. The van der Waals surface area contributed by atoms with Crippen molar-refractivity contribution in [3.8, 4) is 5.75 Å². The number of carboxylic acids is 1. The van der Waals surface area contributed by atoms with E-state index in [-0.39, 0.29) is 27.9 Å². The van der Waals surface area contributed by atoms with Gasteiger partial charge in [0.25, 0.3) is 0 Å². The van der Waals surface area contributed by atoms with E-state index in [1.54, 1.807) is 0 Å². The molecule has 114 valence electrons. The van der Waals surface area contributed by atoms with Crippen LogP contribution in [-0.2, 0) is 9.59 Å². The molecule has 0 radical (unpaired) electrons. The van der Waals surface area contributed by atoms with Gasteiger partial charge in [0.15, 0.2) is 5.75 Å². The molecule has 2 rings (SSSR count). The molecule has 5 nitrogen and oxygen atoms in total. The number of benzene rings is 1. The molecule has 2 atom stereocenters. The number of hydrogen-bond donors (Lipinski definition) is 2. The number of halogens is 4. The lowest BCUT2D eigenvalue weighted by atomic mass is 10.2. The van der Waals surface area contributed by atoms with Crippen molar-refractivity contribution in [3.63, 3.8) is 0 Å². The van der Waals surface area contributed by atoms with Gasteiger partial charge < -0.3 is 15.2 Å². The topological polar surface area (TPSA) is 75.6 Å². The molecule has 0 bridgehead atoms. The first-order valence-corrected chi connectivity index (χ1v) is 6.52. The van der Waals surface area contributed by atoms with Crippen LogP contribution < -0.4 is 10.1 Å². The summed E-state index contributed by atoms with van der Waals surface area (Å²) in [5.74, 6) is -3.22. The largest absolute Gasteiger partial charge is 0.481 e. The van der Waals surface area contributed by atoms with E-state index in [1.165, 1.54) is 12.1 Å². The van der Waals surface area contributed by atoms with E-state index in [4.69, 9.17) is 28.3 Å². The first kappa shape index (κ1) is 15.8. The molecule has 0 saturated heterocycles. The summed E-state index contributed by atoms with van der Waals surface area (Å²) in [6.07, 6.45) is 0.259. The number of hydrogen-bond acceptors (Lipinski definition) is 3. The molecule has 1 aliphatic rings. The number of amides is 1. The fraction of sp³-hybridized carbons (Fsp3) is 0.333. The molecule has 0 aromatic heterocycles. The zero-order valence-electron chi connectivity index (χ0n) is 10.3. The summed E-state index contributed by atoms with van der Waals surface area (Å²) in [5.41, 5.74) is 0.174. The van der Waals surface area contributed by atoms with Crippen molar-refractivity contribution in [1.82, 2.24) is 0 Å². The molecule has 1 saturated carbocycles. The summed E-state index contributed by atoms with van der Waals surface area (Å²) in [6, 6.07) is 2.39. The molecule has 0 aliphatic heterocycles. The summed E-state index contributed by atoms with van der Waals surface area (Å²) in [6.45, 7) is -3.08. The van der Waals surface area contributed by atoms with Crippen molar-refractivity contribution >= 4 is 40.8 Å². The van der Waals surface area contributed by atoms with Crippen LogP contribution in [0.4, 0.5) is 14.5 Å². The molecule has 1 aliphatic carbocycles. The summed E-state index contributed by atoms with van der Waals surface area (Å²) < 4.78 is 28.5. The Morgan fingerprint density at radius 3 is 2.29 bits per heavy atom. The Morgan fingerprint density at radius 1 is 1.29 bits per heavy atom. The molecular weight excluding hydrogens is 331 g/mol. The Labute approximate surface area is 127 Å². The third kappa shape index (κ3) is 3.74. The van der Waals surface area contributed by atoms with E-state index in [0.29, 0.717) is 0 Å². The van der Waals surface area contributed by atoms with Crippen molar-refractivity contribution in [3.05, 3.63) is 22.2 Å². The van der Waals surface area contributed by atoms with Gasteiger partial charge in [-0.05, 0) is 18.6 Å². The molecule has 9 heteroatoms. The van der Waals surface area contributed by atoms with Gasteiger partial charge in [0, 0.05) is 5.69 Å². The summed E-state index contributed by atoms with van der Waals surface area (Å²) >= 11 is 11.5. The molecule has 1 aromatic carbocycles. The number of alkyl halides is 2. The first-order chi connectivity index (χ1) is 9.79. The highest BCUT2D eigenvalue weighted by Gasteiger charge is 2.48. The van der Waals surface area contributed by atoms with Crippen LogP contribution in [0.3, 0.4) is 0 Å². The molecular formula is C12H9Cl2F2NO4. The van der Waals surface area contributed by atoms with Crippen LogP contribution in [0.15, 0.2) is 12.1 Å². The number of anilines is 1. The van der Waals surface area contributed by atoms with Gasteiger partial charge in [-0.15, -0.1) is 0 Å². The van der Waals surface area contributed by atoms with Crippen molar-refractivity contribution in [1.29, 1.82) is 0 Å². The summed E-state index contributed by atoms with van der Waals surface area (Å²) in [7, 11) is 0. The minimum Gasteiger partial charge on any atom is -0.481 e. The monoisotopic (exact) mass is 339 g/mol. The van der Waals surface area contributed by atoms with Crippen molar-refractivity contribution in [2.45, 2.75) is 13.0 Å². The fourth-order valence-electron chi connectivity index (χ4n) is 1.83. The molecule has 0 spiro atoms. The van der Waals surface area contributed by atoms with Crippen LogP contribution in [-0.4, -0.2) is 23.6 Å². The molecule has 1 fully saturated rings. The lowest BCUT2D eigenvalue weighted by molar-refractivity contribution is -0.139. The van der Waals surface area contributed by atoms with Crippen LogP contribution in [0.1, 0.15) is 6.42 Å². The van der Waals surface area contributed by atoms with Gasteiger partial charge in [-0.3, -0.25) is 9.59 Å². The standard InChI is InChI=1S/C12H9Cl2F2NO4/c13-7-1-4(2-8(14)9(7)21-12(15)16)17-10(18)5-3-6(5)11(19)20/h1-2,5-6,12H,3H2,(H,17,18)(H,19,20)/t5-,6+/m1/s1. The van der Waals surface area contributed by atoms with Gasteiger partial charge in [0.1, 0.15) is 0 Å². The normalized spacial score (nSPS) is 20.2. The van der Waals surface area contributed by atoms with Crippen molar-refractivity contribution < 1.29 is 28.2 Å². The number of ether oxygens (including phenoxy) is 1.